The molecule has 2 bridgehead atoms. The average molecular weight is 136 g/mol. The van der Waals surface area contributed by atoms with E-state index in [1.807, 2.05) is 0 Å². The van der Waals surface area contributed by atoms with Crippen molar-refractivity contribution in [3.63, 3.8) is 0 Å². The maximum absolute atomic E-state index is 2.36. The van der Waals surface area contributed by atoms with Gasteiger partial charge in [-0.25, -0.2) is 0 Å². The topological polar surface area (TPSA) is 0 Å². The van der Waals surface area contributed by atoms with Gasteiger partial charge in [-0.3, -0.25) is 0 Å². The van der Waals surface area contributed by atoms with Crippen LogP contribution in [0.4, 0.5) is 0 Å². The van der Waals surface area contributed by atoms with Crippen molar-refractivity contribution in [2.24, 2.45) is 11.8 Å². The van der Waals surface area contributed by atoms with Crippen molar-refractivity contribution in [2.75, 3.05) is 0 Å². The van der Waals surface area contributed by atoms with E-state index in [1.54, 1.807) is 5.57 Å². The maximum Gasteiger partial charge on any atom is -0.0203 e. The smallest absolute Gasteiger partial charge is 0.0203 e. The molecule has 0 unspecified atom stereocenters. The molecular formula is C10H16. The Kier molecular flexibility index (Phi) is 1.55. The molecule has 3 rings (SSSR count). The summed E-state index contributed by atoms with van der Waals surface area (Å²) in [5, 5.41) is 0. The molecule has 0 aromatic rings. The van der Waals surface area contributed by atoms with Crippen molar-refractivity contribution in [3.05, 3.63) is 11.6 Å². The van der Waals surface area contributed by atoms with Crippen LogP contribution in [-0.4, -0.2) is 0 Å². The lowest BCUT2D eigenvalue weighted by Crippen LogP contribution is -2.24. The van der Waals surface area contributed by atoms with Crippen molar-refractivity contribution in [3.8, 4) is 0 Å². The molecule has 3 aliphatic carbocycles. The average Bonchev–Trinajstić information content (AvgIpc) is 2.06. The van der Waals surface area contributed by atoms with Gasteiger partial charge in [-0.2, -0.15) is 0 Å². The molecule has 3 aliphatic rings. The lowest BCUT2D eigenvalue weighted by molar-refractivity contribution is 0.239. The van der Waals surface area contributed by atoms with Crippen molar-refractivity contribution in [2.45, 2.75) is 39.0 Å². The van der Waals surface area contributed by atoms with Crippen LogP contribution in [0.15, 0.2) is 11.6 Å². The van der Waals surface area contributed by atoms with E-state index >= 15 is 0 Å². The zero-order valence-electron chi connectivity index (χ0n) is 6.77. The quantitative estimate of drug-likeness (QED) is 0.449. The standard InChI is InChI=1S/C10H16/c1-2-9-7-8-3-5-10(9)6-4-8/h2,8,10H,3-7H2,1H3/b9-2+. The van der Waals surface area contributed by atoms with Crippen molar-refractivity contribution >= 4 is 0 Å². The molecule has 3 fully saturated rings. The minimum atomic E-state index is 0.995. The van der Waals surface area contributed by atoms with Gasteiger partial charge in [0.15, 0.2) is 0 Å². The van der Waals surface area contributed by atoms with E-state index in [0.29, 0.717) is 0 Å². The fourth-order valence-electron chi connectivity index (χ4n) is 2.59. The van der Waals surface area contributed by atoms with Gasteiger partial charge < -0.3 is 0 Å². The Bertz CT molecular complexity index is 147. The highest BCUT2D eigenvalue weighted by atomic mass is 14.4. The Morgan fingerprint density at radius 1 is 1.20 bits per heavy atom. The Labute approximate surface area is 63.3 Å². The minimum absolute atomic E-state index is 0.995. The second kappa shape index (κ2) is 2.41. The molecule has 56 valence electrons. The summed E-state index contributed by atoms with van der Waals surface area (Å²) in [5.41, 5.74) is 1.77. The number of allylic oxidation sites excluding steroid dienone is 2. The summed E-state index contributed by atoms with van der Waals surface area (Å²) in [7, 11) is 0. The SMILES string of the molecule is C/C=C1\CC2CCC1CC2. The second-order valence-corrected chi connectivity index (χ2v) is 3.79. The van der Waals surface area contributed by atoms with E-state index in [4.69, 9.17) is 0 Å². The molecule has 0 N–H and O–H groups in total. The molecule has 0 amide bonds. The highest BCUT2D eigenvalue weighted by Gasteiger charge is 2.30. The van der Waals surface area contributed by atoms with Crippen LogP contribution in [0, 0.1) is 11.8 Å². The molecule has 0 aromatic carbocycles. The lowest BCUT2D eigenvalue weighted by Gasteiger charge is -2.38. The summed E-state index contributed by atoms with van der Waals surface area (Å²) < 4.78 is 0. The van der Waals surface area contributed by atoms with E-state index in [0.717, 1.165) is 11.8 Å². The van der Waals surface area contributed by atoms with Gasteiger partial charge in [-0.15, -0.1) is 0 Å². The van der Waals surface area contributed by atoms with Crippen LogP contribution in [0.25, 0.3) is 0 Å². The van der Waals surface area contributed by atoms with Crippen molar-refractivity contribution in [1.29, 1.82) is 0 Å². The second-order valence-electron chi connectivity index (χ2n) is 3.79. The van der Waals surface area contributed by atoms with Crippen LogP contribution in [0.3, 0.4) is 0 Å². The minimum Gasteiger partial charge on any atom is -0.0882 e. The molecule has 0 heterocycles. The Morgan fingerprint density at radius 2 is 1.90 bits per heavy atom. The Balaban J connectivity index is 2.15. The summed E-state index contributed by atoms with van der Waals surface area (Å²) >= 11 is 0. The zero-order valence-corrected chi connectivity index (χ0v) is 6.77. The molecule has 10 heavy (non-hydrogen) atoms. The van der Waals surface area contributed by atoms with Crippen LogP contribution in [0.5, 0.6) is 0 Å². The Morgan fingerprint density at radius 3 is 2.20 bits per heavy atom. The van der Waals surface area contributed by atoms with Crippen LogP contribution in [0.1, 0.15) is 39.0 Å². The molecule has 0 aromatic heterocycles. The summed E-state index contributed by atoms with van der Waals surface area (Å²) in [6.07, 6.45) is 9.80. The molecule has 0 nitrogen and oxygen atoms in total. The zero-order chi connectivity index (χ0) is 6.97. The van der Waals surface area contributed by atoms with Gasteiger partial charge in [0.25, 0.3) is 0 Å². The number of hydrogen-bond donors (Lipinski definition) is 0. The maximum atomic E-state index is 2.36. The number of rotatable bonds is 0. The molecule has 0 spiro atoms. The molecule has 0 heteroatoms. The van der Waals surface area contributed by atoms with E-state index in [2.05, 4.69) is 13.0 Å². The highest BCUT2D eigenvalue weighted by Crippen LogP contribution is 2.44. The van der Waals surface area contributed by atoms with Crippen molar-refractivity contribution < 1.29 is 0 Å². The first-order chi connectivity index (χ1) is 4.90. The Hall–Kier alpha value is -0.260. The predicted molar refractivity (Wildman–Crippen MR) is 43.8 cm³/mol. The fraction of sp³-hybridized carbons (Fsp3) is 0.800. The van der Waals surface area contributed by atoms with Gasteiger partial charge in [-0.1, -0.05) is 11.6 Å². The molecular weight excluding hydrogens is 120 g/mol. The third-order valence-corrected chi connectivity index (χ3v) is 3.27. The number of hydrogen-bond acceptors (Lipinski definition) is 0. The predicted octanol–water partition coefficient (Wildman–Crippen LogP) is 3.14. The first-order valence-electron chi connectivity index (χ1n) is 4.55. The third-order valence-electron chi connectivity index (χ3n) is 3.27. The van der Waals surface area contributed by atoms with Gasteiger partial charge in [0.05, 0.1) is 0 Å². The largest absolute Gasteiger partial charge is 0.0882 e. The summed E-state index contributed by atoms with van der Waals surface area (Å²) in [6.45, 7) is 2.20. The third kappa shape index (κ3) is 0.902. The van der Waals surface area contributed by atoms with E-state index in [1.165, 1.54) is 32.1 Å². The monoisotopic (exact) mass is 136 g/mol. The van der Waals surface area contributed by atoms with Crippen LogP contribution >= 0.6 is 0 Å². The van der Waals surface area contributed by atoms with E-state index in [9.17, 15) is 0 Å². The normalized spacial score (nSPS) is 42.7. The lowest BCUT2D eigenvalue weighted by atomic mass is 9.68. The van der Waals surface area contributed by atoms with Gasteiger partial charge in [0.1, 0.15) is 0 Å². The molecule has 0 radical (unpaired) electrons. The molecule has 0 saturated heterocycles. The van der Waals surface area contributed by atoms with Crippen LogP contribution in [0.2, 0.25) is 0 Å². The molecule has 3 saturated carbocycles. The van der Waals surface area contributed by atoms with E-state index < -0.39 is 0 Å². The van der Waals surface area contributed by atoms with Crippen LogP contribution < -0.4 is 0 Å². The summed E-state index contributed by atoms with van der Waals surface area (Å²) in [6, 6.07) is 0. The van der Waals surface area contributed by atoms with Gasteiger partial charge in [0.2, 0.25) is 0 Å². The summed E-state index contributed by atoms with van der Waals surface area (Å²) in [4.78, 5) is 0. The van der Waals surface area contributed by atoms with E-state index in [-0.39, 0.29) is 0 Å². The van der Waals surface area contributed by atoms with Gasteiger partial charge >= 0.3 is 0 Å². The van der Waals surface area contributed by atoms with Crippen molar-refractivity contribution in [1.82, 2.24) is 0 Å². The molecule has 0 aliphatic heterocycles. The molecule has 0 atom stereocenters. The van der Waals surface area contributed by atoms with Gasteiger partial charge in [0, 0.05) is 0 Å². The van der Waals surface area contributed by atoms with Gasteiger partial charge in [-0.05, 0) is 50.9 Å². The number of fused-ring (bicyclic) bond motifs is 3. The highest BCUT2D eigenvalue weighted by molar-refractivity contribution is 5.12. The summed E-state index contributed by atoms with van der Waals surface area (Å²) in [5.74, 6) is 2.06. The fourth-order valence-corrected chi connectivity index (χ4v) is 2.59. The first kappa shape index (κ1) is 6.45. The van der Waals surface area contributed by atoms with Crippen LogP contribution in [-0.2, 0) is 0 Å². The first-order valence-corrected chi connectivity index (χ1v) is 4.55.